The van der Waals surface area contributed by atoms with Gasteiger partial charge in [-0.3, -0.25) is 9.59 Å². The number of hydrogen-bond acceptors (Lipinski definition) is 7. The Hall–Kier alpha value is -1.84. The van der Waals surface area contributed by atoms with Crippen molar-refractivity contribution in [2.45, 2.75) is 10.8 Å². The lowest BCUT2D eigenvalue weighted by molar-refractivity contribution is -0.130. The molecule has 10 heteroatoms. The molecule has 1 aromatic carbocycles. The van der Waals surface area contributed by atoms with Gasteiger partial charge in [0.2, 0.25) is 16.9 Å². The number of nitrogens with one attached hydrogen (secondary N) is 1. The summed E-state index contributed by atoms with van der Waals surface area (Å²) in [6, 6.07) is 7.38. The molecule has 0 saturated carbocycles. The Balaban J connectivity index is 1.48. The van der Waals surface area contributed by atoms with Crippen LogP contribution in [0.2, 0.25) is 5.02 Å². The average molecular weight is 426 g/mol. The lowest BCUT2D eigenvalue weighted by Crippen LogP contribution is -2.49. The highest BCUT2D eigenvalue weighted by Gasteiger charge is 2.23. The SMILES string of the molecule is CNC(=O)CSc1nnc(N2CCN(C(=O)Cc3ccc(Cl)cc3)CC2)s1. The van der Waals surface area contributed by atoms with Crippen LogP contribution in [0.5, 0.6) is 0 Å². The summed E-state index contributed by atoms with van der Waals surface area (Å²) < 4.78 is 0.773. The molecule has 1 aliphatic heterocycles. The molecule has 1 fully saturated rings. The molecule has 1 aliphatic rings. The first-order valence-corrected chi connectivity index (χ1v) is 10.7. The molecule has 1 saturated heterocycles. The van der Waals surface area contributed by atoms with Crippen LogP contribution >= 0.6 is 34.7 Å². The van der Waals surface area contributed by atoms with Crippen molar-refractivity contribution in [3.05, 3.63) is 34.9 Å². The number of benzene rings is 1. The monoisotopic (exact) mass is 425 g/mol. The number of carbonyl (C=O) groups excluding carboxylic acids is 2. The average Bonchev–Trinajstić information content (AvgIpc) is 3.17. The van der Waals surface area contributed by atoms with Crippen LogP contribution in [-0.4, -0.2) is 65.9 Å². The molecule has 2 aromatic rings. The molecule has 2 heterocycles. The van der Waals surface area contributed by atoms with E-state index < -0.39 is 0 Å². The first-order valence-electron chi connectivity index (χ1n) is 8.49. The lowest BCUT2D eigenvalue weighted by atomic mass is 10.1. The Morgan fingerprint density at radius 1 is 1.19 bits per heavy atom. The fourth-order valence-corrected chi connectivity index (χ4v) is 4.51. The first-order chi connectivity index (χ1) is 13.0. The summed E-state index contributed by atoms with van der Waals surface area (Å²) in [6.45, 7) is 2.77. The van der Waals surface area contributed by atoms with E-state index in [-0.39, 0.29) is 11.8 Å². The van der Waals surface area contributed by atoms with Crippen LogP contribution < -0.4 is 10.2 Å². The van der Waals surface area contributed by atoms with Gasteiger partial charge in [0.05, 0.1) is 12.2 Å². The number of piperazine rings is 1. The minimum Gasteiger partial charge on any atom is -0.358 e. The van der Waals surface area contributed by atoms with Gasteiger partial charge in [-0.1, -0.05) is 46.8 Å². The Morgan fingerprint density at radius 3 is 2.56 bits per heavy atom. The van der Waals surface area contributed by atoms with Gasteiger partial charge in [0.1, 0.15) is 0 Å². The molecule has 1 aromatic heterocycles. The summed E-state index contributed by atoms with van der Waals surface area (Å²) in [4.78, 5) is 27.8. The van der Waals surface area contributed by atoms with Crippen LogP contribution in [-0.2, 0) is 16.0 Å². The number of halogens is 1. The van der Waals surface area contributed by atoms with Gasteiger partial charge >= 0.3 is 0 Å². The van der Waals surface area contributed by atoms with E-state index >= 15 is 0 Å². The summed E-state index contributed by atoms with van der Waals surface area (Å²) >= 11 is 8.74. The van der Waals surface area contributed by atoms with E-state index in [1.807, 2.05) is 17.0 Å². The smallest absolute Gasteiger partial charge is 0.230 e. The summed E-state index contributed by atoms with van der Waals surface area (Å²) in [5.41, 5.74) is 0.966. The number of hydrogen-bond donors (Lipinski definition) is 1. The van der Waals surface area contributed by atoms with Crippen LogP contribution in [0, 0.1) is 0 Å². The number of rotatable bonds is 6. The molecule has 0 aliphatic carbocycles. The number of amides is 2. The molecular weight excluding hydrogens is 406 g/mol. The molecule has 0 unspecified atom stereocenters. The van der Waals surface area contributed by atoms with Crippen molar-refractivity contribution in [2.24, 2.45) is 0 Å². The van der Waals surface area contributed by atoms with Gasteiger partial charge in [0, 0.05) is 38.2 Å². The molecule has 144 valence electrons. The van der Waals surface area contributed by atoms with Gasteiger partial charge in [-0.2, -0.15) is 0 Å². The third-order valence-corrected chi connectivity index (χ3v) is 6.54. The van der Waals surface area contributed by atoms with Crippen molar-refractivity contribution in [3.8, 4) is 0 Å². The highest BCUT2D eigenvalue weighted by atomic mass is 35.5. The van der Waals surface area contributed by atoms with Crippen LogP contribution in [0.15, 0.2) is 28.6 Å². The normalized spacial score (nSPS) is 14.3. The third kappa shape index (κ3) is 5.57. The minimum atomic E-state index is -0.0374. The van der Waals surface area contributed by atoms with E-state index in [9.17, 15) is 9.59 Å². The van der Waals surface area contributed by atoms with Crippen molar-refractivity contribution >= 4 is 51.6 Å². The molecule has 27 heavy (non-hydrogen) atoms. The van der Waals surface area contributed by atoms with E-state index in [0.29, 0.717) is 30.3 Å². The standard InChI is InChI=1S/C17H20ClN5O2S2/c1-19-14(24)11-26-17-21-20-16(27-17)23-8-6-22(7-9-23)15(25)10-12-2-4-13(18)5-3-12/h2-5H,6-11H2,1H3,(H,19,24). The Kier molecular flexibility index (Phi) is 6.92. The van der Waals surface area contributed by atoms with Gasteiger partial charge < -0.3 is 15.1 Å². The number of carbonyl (C=O) groups is 2. The highest BCUT2D eigenvalue weighted by Crippen LogP contribution is 2.28. The molecule has 3 rings (SSSR count). The van der Waals surface area contributed by atoms with Gasteiger partial charge in [-0.25, -0.2) is 0 Å². The minimum absolute atomic E-state index is 0.0374. The van der Waals surface area contributed by atoms with Gasteiger partial charge in [0.15, 0.2) is 4.34 Å². The first kappa shape index (κ1) is 19.9. The van der Waals surface area contributed by atoms with E-state index in [0.717, 1.165) is 28.1 Å². The maximum Gasteiger partial charge on any atom is 0.230 e. The van der Waals surface area contributed by atoms with Crippen molar-refractivity contribution < 1.29 is 9.59 Å². The van der Waals surface area contributed by atoms with Crippen molar-refractivity contribution in [3.63, 3.8) is 0 Å². The van der Waals surface area contributed by atoms with Crippen molar-refractivity contribution in [1.29, 1.82) is 0 Å². The van der Waals surface area contributed by atoms with Crippen molar-refractivity contribution in [1.82, 2.24) is 20.4 Å². The fraction of sp³-hybridized carbons (Fsp3) is 0.412. The summed E-state index contributed by atoms with van der Waals surface area (Å²) in [7, 11) is 1.61. The van der Waals surface area contributed by atoms with E-state index in [4.69, 9.17) is 11.6 Å². The predicted octanol–water partition coefficient (Wildman–Crippen LogP) is 1.92. The zero-order chi connectivity index (χ0) is 19.2. The van der Waals surface area contributed by atoms with Crippen LogP contribution in [0.25, 0.3) is 0 Å². The zero-order valence-electron chi connectivity index (χ0n) is 14.9. The summed E-state index contributed by atoms with van der Waals surface area (Å²) in [5.74, 6) is 0.415. The van der Waals surface area contributed by atoms with Gasteiger partial charge in [0.25, 0.3) is 0 Å². The second-order valence-electron chi connectivity index (χ2n) is 5.98. The second kappa shape index (κ2) is 9.38. The third-order valence-electron chi connectivity index (χ3n) is 4.17. The van der Waals surface area contributed by atoms with E-state index in [1.165, 1.54) is 23.1 Å². The molecule has 0 radical (unpaired) electrons. The molecule has 2 amide bonds. The molecule has 0 atom stereocenters. The molecule has 7 nitrogen and oxygen atoms in total. The topological polar surface area (TPSA) is 78.4 Å². The Bertz CT molecular complexity index is 791. The molecule has 1 N–H and O–H groups in total. The van der Waals surface area contributed by atoms with Gasteiger partial charge in [-0.15, -0.1) is 10.2 Å². The number of thioether (sulfide) groups is 1. The number of anilines is 1. The van der Waals surface area contributed by atoms with Crippen LogP contribution in [0.1, 0.15) is 5.56 Å². The quantitative estimate of drug-likeness (QED) is 0.712. The van der Waals surface area contributed by atoms with Gasteiger partial charge in [-0.05, 0) is 17.7 Å². The second-order valence-corrected chi connectivity index (χ2v) is 8.60. The summed E-state index contributed by atoms with van der Waals surface area (Å²) in [6.07, 6.45) is 0.385. The highest BCUT2D eigenvalue weighted by molar-refractivity contribution is 8.01. The molecule has 0 spiro atoms. The summed E-state index contributed by atoms with van der Waals surface area (Å²) in [5, 5.41) is 12.4. The fourth-order valence-electron chi connectivity index (χ4n) is 2.62. The largest absolute Gasteiger partial charge is 0.358 e. The number of aromatic nitrogens is 2. The Labute approximate surface area is 171 Å². The maximum absolute atomic E-state index is 12.5. The lowest BCUT2D eigenvalue weighted by Gasteiger charge is -2.34. The Morgan fingerprint density at radius 2 is 1.89 bits per heavy atom. The van der Waals surface area contributed by atoms with Crippen LogP contribution in [0.4, 0.5) is 5.13 Å². The maximum atomic E-state index is 12.5. The molecule has 0 bridgehead atoms. The van der Waals surface area contributed by atoms with Crippen molar-refractivity contribution in [2.75, 3.05) is 43.9 Å². The zero-order valence-corrected chi connectivity index (χ0v) is 17.2. The van der Waals surface area contributed by atoms with E-state index in [1.54, 1.807) is 19.2 Å². The number of nitrogens with zero attached hydrogens (tertiary/aromatic N) is 4. The van der Waals surface area contributed by atoms with Crippen LogP contribution in [0.3, 0.4) is 0 Å². The molecular formula is C17H20ClN5O2S2. The predicted molar refractivity (Wildman–Crippen MR) is 109 cm³/mol. The van der Waals surface area contributed by atoms with E-state index in [2.05, 4.69) is 20.4 Å².